The fraction of sp³-hybridized carbons (Fsp3) is 0.467. The van der Waals surface area contributed by atoms with E-state index in [1.807, 2.05) is 20.8 Å². The van der Waals surface area contributed by atoms with Gasteiger partial charge in [0.15, 0.2) is 0 Å². The highest BCUT2D eigenvalue weighted by atomic mass is 16.4. The summed E-state index contributed by atoms with van der Waals surface area (Å²) < 4.78 is 0. The fourth-order valence-corrected chi connectivity index (χ4v) is 1.80. The SMILES string of the molecule is CC(C)C(C)NC(=O)CN(CC(=O)O)c1ccccc1N. The quantitative estimate of drug-likeness (QED) is 0.659. The number of nitrogens with one attached hydrogen (secondary N) is 1. The molecule has 0 saturated carbocycles. The van der Waals surface area contributed by atoms with Crippen LogP contribution in [-0.2, 0) is 9.59 Å². The molecule has 0 aliphatic carbocycles. The third-order valence-corrected chi connectivity index (χ3v) is 3.33. The fourth-order valence-electron chi connectivity index (χ4n) is 1.80. The molecular weight excluding hydrogens is 270 g/mol. The molecule has 1 aromatic carbocycles. The molecule has 4 N–H and O–H groups in total. The van der Waals surface area contributed by atoms with E-state index >= 15 is 0 Å². The Hall–Kier alpha value is -2.24. The molecule has 6 nitrogen and oxygen atoms in total. The molecule has 116 valence electrons. The van der Waals surface area contributed by atoms with Gasteiger partial charge in [0.2, 0.25) is 5.91 Å². The van der Waals surface area contributed by atoms with Crippen molar-refractivity contribution in [2.24, 2.45) is 5.92 Å². The Balaban J connectivity index is 2.82. The maximum atomic E-state index is 12.0. The van der Waals surface area contributed by atoms with Crippen LogP contribution in [0.5, 0.6) is 0 Å². The zero-order chi connectivity index (χ0) is 16.0. The maximum Gasteiger partial charge on any atom is 0.323 e. The van der Waals surface area contributed by atoms with Crippen LogP contribution < -0.4 is 16.0 Å². The van der Waals surface area contributed by atoms with Crippen molar-refractivity contribution in [3.05, 3.63) is 24.3 Å². The molecule has 0 bridgehead atoms. The van der Waals surface area contributed by atoms with Crippen LogP contribution in [0.1, 0.15) is 20.8 Å². The third-order valence-electron chi connectivity index (χ3n) is 3.33. The van der Waals surface area contributed by atoms with Crippen LogP contribution in [0.2, 0.25) is 0 Å². The molecule has 0 spiro atoms. The van der Waals surface area contributed by atoms with Crippen LogP contribution in [0.25, 0.3) is 0 Å². The molecule has 0 aliphatic heterocycles. The Morgan fingerprint density at radius 3 is 2.38 bits per heavy atom. The van der Waals surface area contributed by atoms with Crippen molar-refractivity contribution in [1.82, 2.24) is 5.32 Å². The van der Waals surface area contributed by atoms with E-state index in [9.17, 15) is 9.59 Å². The van der Waals surface area contributed by atoms with Crippen LogP contribution in [0.15, 0.2) is 24.3 Å². The normalized spacial score (nSPS) is 12.0. The first kappa shape index (κ1) is 16.8. The molecule has 0 radical (unpaired) electrons. The lowest BCUT2D eigenvalue weighted by Gasteiger charge is -2.25. The van der Waals surface area contributed by atoms with Crippen LogP contribution >= 0.6 is 0 Å². The van der Waals surface area contributed by atoms with Gasteiger partial charge >= 0.3 is 5.97 Å². The molecule has 0 fully saturated rings. The van der Waals surface area contributed by atoms with Crippen molar-refractivity contribution >= 4 is 23.3 Å². The Bertz CT molecular complexity index is 503. The van der Waals surface area contributed by atoms with E-state index in [0.29, 0.717) is 17.3 Å². The zero-order valence-corrected chi connectivity index (χ0v) is 12.7. The number of para-hydroxylation sites is 2. The van der Waals surface area contributed by atoms with Crippen molar-refractivity contribution in [3.63, 3.8) is 0 Å². The summed E-state index contributed by atoms with van der Waals surface area (Å²) in [6.45, 7) is 5.61. The van der Waals surface area contributed by atoms with E-state index in [4.69, 9.17) is 10.8 Å². The van der Waals surface area contributed by atoms with Crippen LogP contribution in [0.3, 0.4) is 0 Å². The van der Waals surface area contributed by atoms with Crippen molar-refractivity contribution in [1.29, 1.82) is 0 Å². The van der Waals surface area contributed by atoms with E-state index in [0.717, 1.165) is 0 Å². The molecule has 0 aromatic heterocycles. The molecule has 0 heterocycles. The van der Waals surface area contributed by atoms with E-state index in [2.05, 4.69) is 5.32 Å². The van der Waals surface area contributed by atoms with Gasteiger partial charge in [0.05, 0.1) is 17.9 Å². The van der Waals surface area contributed by atoms with Gasteiger partial charge in [-0.1, -0.05) is 26.0 Å². The summed E-state index contributed by atoms with van der Waals surface area (Å²) in [6.07, 6.45) is 0. The molecule has 6 heteroatoms. The number of rotatable bonds is 7. The first-order valence-electron chi connectivity index (χ1n) is 6.92. The van der Waals surface area contributed by atoms with Gasteiger partial charge in [-0.2, -0.15) is 0 Å². The smallest absolute Gasteiger partial charge is 0.323 e. The van der Waals surface area contributed by atoms with Crippen LogP contribution in [-0.4, -0.2) is 36.1 Å². The van der Waals surface area contributed by atoms with Gasteiger partial charge < -0.3 is 21.1 Å². The summed E-state index contributed by atoms with van der Waals surface area (Å²) in [5.41, 5.74) is 6.85. The van der Waals surface area contributed by atoms with Gasteiger partial charge in [0.1, 0.15) is 6.54 Å². The van der Waals surface area contributed by atoms with Gasteiger partial charge in [-0.25, -0.2) is 0 Å². The summed E-state index contributed by atoms with van der Waals surface area (Å²) in [6, 6.07) is 6.93. The number of carbonyl (C=O) groups is 2. The van der Waals surface area contributed by atoms with Gasteiger partial charge in [-0.05, 0) is 25.0 Å². The van der Waals surface area contributed by atoms with E-state index in [1.165, 1.54) is 4.90 Å². The Labute approximate surface area is 124 Å². The largest absolute Gasteiger partial charge is 0.480 e. The molecule has 1 amide bonds. The highest BCUT2D eigenvalue weighted by molar-refractivity contribution is 5.86. The Kier molecular flexibility index (Phi) is 6.02. The first-order chi connectivity index (χ1) is 9.81. The predicted octanol–water partition coefficient (Wildman–Crippen LogP) is 1.32. The van der Waals surface area contributed by atoms with Gasteiger partial charge in [0, 0.05) is 6.04 Å². The van der Waals surface area contributed by atoms with Crippen molar-refractivity contribution in [2.75, 3.05) is 23.7 Å². The highest BCUT2D eigenvalue weighted by Gasteiger charge is 2.18. The van der Waals surface area contributed by atoms with E-state index in [1.54, 1.807) is 24.3 Å². The molecule has 0 saturated heterocycles. The predicted molar refractivity (Wildman–Crippen MR) is 83.1 cm³/mol. The highest BCUT2D eigenvalue weighted by Crippen LogP contribution is 2.22. The minimum absolute atomic E-state index is 0.0253. The molecule has 1 aromatic rings. The average Bonchev–Trinajstić information content (AvgIpc) is 2.37. The zero-order valence-electron chi connectivity index (χ0n) is 12.7. The number of carboxylic acid groups (broad SMARTS) is 1. The maximum absolute atomic E-state index is 12.0. The number of carbonyl (C=O) groups excluding carboxylic acids is 1. The number of anilines is 2. The van der Waals surface area contributed by atoms with Crippen LogP contribution in [0.4, 0.5) is 11.4 Å². The lowest BCUT2D eigenvalue weighted by atomic mass is 10.1. The molecule has 1 rings (SSSR count). The summed E-state index contributed by atoms with van der Waals surface area (Å²) in [5.74, 6) is -0.924. The van der Waals surface area contributed by atoms with Crippen molar-refractivity contribution < 1.29 is 14.7 Å². The minimum atomic E-state index is -1.01. The molecule has 1 unspecified atom stereocenters. The summed E-state index contributed by atoms with van der Waals surface area (Å²) in [4.78, 5) is 24.5. The number of nitrogens with two attached hydrogens (primary N) is 1. The number of hydrogen-bond donors (Lipinski definition) is 3. The summed E-state index contributed by atoms with van der Waals surface area (Å²) in [7, 11) is 0. The Morgan fingerprint density at radius 2 is 1.86 bits per heavy atom. The first-order valence-corrected chi connectivity index (χ1v) is 6.92. The number of nitrogens with zero attached hydrogens (tertiary/aromatic N) is 1. The summed E-state index contributed by atoms with van der Waals surface area (Å²) in [5, 5.41) is 11.9. The summed E-state index contributed by atoms with van der Waals surface area (Å²) >= 11 is 0. The van der Waals surface area contributed by atoms with Crippen molar-refractivity contribution in [3.8, 4) is 0 Å². The van der Waals surface area contributed by atoms with Crippen molar-refractivity contribution in [2.45, 2.75) is 26.8 Å². The van der Waals surface area contributed by atoms with Gasteiger partial charge in [-0.3, -0.25) is 9.59 Å². The second-order valence-electron chi connectivity index (χ2n) is 5.41. The Morgan fingerprint density at radius 1 is 1.24 bits per heavy atom. The number of nitrogen functional groups attached to an aromatic ring is 1. The van der Waals surface area contributed by atoms with E-state index < -0.39 is 5.97 Å². The topological polar surface area (TPSA) is 95.7 Å². The number of benzene rings is 1. The second kappa shape index (κ2) is 7.52. The third kappa shape index (κ3) is 5.33. The number of amides is 1. The van der Waals surface area contributed by atoms with Gasteiger partial charge in [-0.15, -0.1) is 0 Å². The molecule has 0 aliphatic rings. The lowest BCUT2D eigenvalue weighted by molar-refractivity contribution is -0.135. The molecule has 1 atom stereocenters. The number of hydrogen-bond acceptors (Lipinski definition) is 4. The van der Waals surface area contributed by atoms with E-state index in [-0.39, 0.29) is 25.0 Å². The monoisotopic (exact) mass is 293 g/mol. The molecular formula is C15H23N3O3. The second-order valence-corrected chi connectivity index (χ2v) is 5.41. The molecule has 21 heavy (non-hydrogen) atoms. The van der Waals surface area contributed by atoms with Gasteiger partial charge in [0.25, 0.3) is 0 Å². The number of carboxylic acids is 1. The van der Waals surface area contributed by atoms with Crippen LogP contribution in [0, 0.1) is 5.92 Å². The average molecular weight is 293 g/mol. The lowest BCUT2D eigenvalue weighted by Crippen LogP contribution is -2.44. The minimum Gasteiger partial charge on any atom is -0.480 e. The number of aliphatic carboxylic acids is 1. The standard InChI is InChI=1S/C15H23N3O3/c1-10(2)11(3)17-14(19)8-18(9-15(20)21)13-7-5-4-6-12(13)16/h4-7,10-11H,8-9,16H2,1-3H3,(H,17,19)(H,20,21).